The monoisotopic (exact) mass is 422 g/mol. The average Bonchev–Trinajstić information content (AvgIpc) is 3.14. The van der Waals surface area contributed by atoms with Gasteiger partial charge in [0.2, 0.25) is 0 Å². The molecule has 6 heteroatoms. The van der Waals surface area contributed by atoms with Crippen LogP contribution in [0, 0.1) is 27.7 Å². The first-order valence-corrected chi connectivity index (χ1v) is 10.3. The Labute approximate surface area is 183 Å². The quantitative estimate of drug-likeness (QED) is 0.521. The lowest BCUT2D eigenvalue weighted by atomic mass is 10.0. The van der Waals surface area contributed by atoms with Crippen LogP contribution in [0.5, 0.6) is 0 Å². The number of hydrogen-bond donors (Lipinski definition) is 0. The lowest BCUT2D eigenvalue weighted by molar-refractivity contribution is -0.136. The Bertz CT molecular complexity index is 1100. The molecule has 1 aromatic carbocycles. The number of benzene rings is 1. The fourth-order valence-corrected chi connectivity index (χ4v) is 4.10. The van der Waals surface area contributed by atoms with Gasteiger partial charge in [0, 0.05) is 36.4 Å². The Balaban J connectivity index is 2.13. The molecule has 0 fully saturated rings. The van der Waals surface area contributed by atoms with E-state index in [4.69, 9.17) is 9.47 Å². The van der Waals surface area contributed by atoms with Gasteiger partial charge in [-0.3, -0.25) is 4.79 Å². The Hall–Kier alpha value is -3.12. The van der Waals surface area contributed by atoms with Crippen LogP contribution in [0.2, 0.25) is 0 Å². The fraction of sp³-hybridized carbons (Fsp3) is 0.360. The molecule has 0 aliphatic carbocycles. The SMILES string of the molecule is COCCN1C(=O)C(=Cc2cc(C)n(-c3cc(C)ccc3C)c2C)C(C(=O)OC)=C1C. The summed E-state index contributed by atoms with van der Waals surface area (Å²) in [5.74, 6) is -0.730. The molecule has 1 amide bonds. The van der Waals surface area contributed by atoms with Crippen molar-refractivity contribution >= 4 is 18.0 Å². The van der Waals surface area contributed by atoms with Crippen molar-refractivity contribution < 1.29 is 19.1 Å². The van der Waals surface area contributed by atoms with Gasteiger partial charge in [0.15, 0.2) is 0 Å². The van der Waals surface area contributed by atoms with Gasteiger partial charge in [0.05, 0.1) is 24.9 Å². The molecule has 1 aromatic heterocycles. The van der Waals surface area contributed by atoms with Crippen molar-refractivity contribution in [1.29, 1.82) is 0 Å². The minimum atomic E-state index is -0.514. The maximum absolute atomic E-state index is 13.2. The Kier molecular flexibility index (Phi) is 6.51. The second-order valence-corrected chi connectivity index (χ2v) is 7.91. The predicted molar refractivity (Wildman–Crippen MR) is 121 cm³/mol. The summed E-state index contributed by atoms with van der Waals surface area (Å²) >= 11 is 0. The zero-order valence-corrected chi connectivity index (χ0v) is 19.3. The molecule has 6 nitrogen and oxygen atoms in total. The number of allylic oxidation sites excluding steroid dienone is 1. The number of carbonyl (C=O) groups is 2. The van der Waals surface area contributed by atoms with Crippen LogP contribution < -0.4 is 0 Å². The van der Waals surface area contributed by atoms with Crippen molar-refractivity contribution in [3.8, 4) is 5.69 Å². The predicted octanol–water partition coefficient (Wildman–Crippen LogP) is 4.03. The van der Waals surface area contributed by atoms with Gasteiger partial charge < -0.3 is 18.9 Å². The van der Waals surface area contributed by atoms with E-state index < -0.39 is 5.97 Å². The van der Waals surface area contributed by atoms with Crippen molar-refractivity contribution in [3.05, 3.63) is 69.2 Å². The molecule has 3 rings (SSSR count). The van der Waals surface area contributed by atoms with E-state index in [0.717, 1.165) is 22.6 Å². The van der Waals surface area contributed by atoms with E-state index in [2.05, 4.69) is 36.6 Å². The Morgan fingerprint density at radius 2 is 1.77 bits per heavy atom. The van der Waals surface area contributed by atoms with Gasteiger partial charge in [-0.1, -0.05) is 12.1 Å². The molecule has 164 valence electrons. The number of hydrogen-bond acceptors (Lipinski definition) is 4. The molecule has 0 saturated heterocycles. The summed E-state index contributed by atoms with van der Waals surface area (Å²) in [6.07, 6.45) is 1.80. The zero-order chi connectivity index (χ0) is 22.9. The number of aryl methyl sites for hydroxylation is 3. The van der Waals surface area contributed by atoms with E-state index in [1.165, 1.54) is 18.2 Å². The summed E-state index contributed by atoms with van der Waals surface area (Å²) in [7, 11) is 2.91. The van der Waals surface area contributed by atoms with E-state index in [9.17, 15) is 9.59 Å². The molecule has 31 heavy (non-hydrogen) atoms. The van der Waals surface area contributed by atoms with Crippen LogP contribution in [-0.4, -0.2) is 48.7 Å². The van der Waals surface area contributed by atoms with Crippen molar-refractivity contribution in [2.75, 3.05) is 27.4 Å². The van der Waals surface area contributed by atoms with Crippen LogP contribution >= 0.6 is 0 Å². The van der Waals surface area contributed by atoms with Crippen LogP contribution in [-0.2, 0) is 19.1 Å². The minimum absolute atomic E-state index is 0.216. The molecule has 1 aliphatic heterocycles. The molecular formula is C25H30N2O4. The number of aromatic nitrogens is 1. The largest absolute Gasteiger partial charge is 0.465 e. The van der Waals surface area contributed by atoms with Gasteiger partial charge in [-0.05, 0) is 69.5 Å². The summed E-state index contributed by atoms with van der Waals surface area (Å²) in [4.78, 5) is 27.3. The van der Waals surface area contributed by atoms with E-state index in [0.29, 0.717) is 30.0 Å². The number of amides is 1. The first-order chi connectivity index (χ1) is 14.7. The highest BCUT2D eigenvalue weighted by molar-refractivity contribution is 6.16. The summed E-state index contributed by atoms with van der Waals surface area (Å²) in [5.41, 5.74) is 7.65. The normalized spacial score (nSPS) is 15.4. The summed E-state index contributed by atoms with van der Waals surface area (Å²) < 4.78 is 12.3. The first kappa shape index (κ1) is 22.6. The minimum Gasteiger partial charge on any atom is -0.465 e. The van der Waals surface area contributed by atoms with Crippen LogP contribution in [0.4, 0.5) is 0 Å². The zero-order valence-electron chi connectivity index (χ0n) is 19.3. The Morgan fingerprint density at radius 3 is 2.42 bits per heavy atom. The Morgan fingerprint density at radius 1 is 1.06 bits per heavy atom. The second kappa shape index (κ2) is 8.94. The summed E-state index contributed by atoms with van der Waals surface area (Å²) in [6, 6.07) is 8.40. The molecule has 2 aromatic rings. The molecule has 0 saturated carbocycles. The van der Waals surface area contributed by atoms with E-state index in [-0.39, 0.29) is 5.91 Å². The van der Waals surface area contributed by atoms with E-state index in [1.54, 1.807) is 25.0 Å². The van der Waals surface area contributed by atoms with Gasteiger partial charge in [-0.2, -0.15) is 0 Å². The molecule has 0 N–H and O–H groups in total. The lowest BCUT2D eigenvalue weighted by Gasteiger charge is -2.16. The smallest absolute Gasteiger partial charge is 0.340 e. The summed E-state index contributed by atoms with van der Waals surface area (Å²) in [6.45, 7) is 10.7. The van der Waals surface area contributed by atoms with Crippen molar-refractivity contribution in [3.63, 3.8) is 0 Å². The van der Waals surface area contributed by atoms with Gasteiger partial charge >= 0.3 is 5.97 Å². The highest BCUT2D eigenvalue weighted by atomic mass is 16.5. The third kappa shape index (κ3) is 4.08. The number of rotatable bonds is 6. The van der Waals surface area contributed by atoms with Crippen LogP contribution in [0.25, 0.3) is 11.8 Å². The van der Waals surface area contributed by atoms with Crippen LogP contribution in [0.3, 0.4) is 0 Å². The van der Waals surface area contributed by atoms with Crippen molar-refractivity contribution in [2.45, 2.75) is 34.6 Å². The van der Waals surface area contributed by atoms with E-state index in [1.807, 2.05) is 19.9 Å². The number of methoxy groups -OCH3 is 2. The first-order valence-electron chi connectivity index (χ1n) is 10.3. The van der Waals surface area contributed by atoms with Crippen molar-refractivity contribution in [2.24, 2.45) is 0 Å². The van der Waals surface area contributed by atoms with Gasteiger partial charge in [-0.25, -0.2) is 4.79 Å². The van der Waals surface area contributed by atoms with Gasteiger partial charge in [0.1, 0.15) is 0 Å². The van der Waals surface area contributed by atoms with Gasteiger partial charge in [0.25, 0.3) is 5.91 Å². The third-order valence-electron chi connectivity index (χ3n) is 5.80. The number of esters is 1. The topological polar surface area (TPSA) is 60.8 Å². The molecule has 0 spiro atoms. The summed E-state index contributed by atoms with van der Waals surface area (Å²) in [5, 5.41) is 0. The number of nitrogens with zero attached hydrogens (tertiary/aromatic N) is 2. The molecule has 0 atom stereocenters. The van der Waals surface area contributed by atoms with Gasteiger partial charge in [-0.15, -0.1) is 0 Å². The highest BCUT2D eigenvalue weighted by Crippen LogP contribution is 2.33. The number of ether oxygens (including phenoxy) is 2. The van der Waals surface area contributed by atoms with Crippen LogP contribution in [0.1, 0.15) is 35.0 Å². The molecule has 2 heterocycles. The maximum atomic E-state index is 13.2. The lowest BCUT2D eigenvalue weighted by Crippen LogP contribution is -2.28. The molecule has 0 radical (unpaired) electrons. The molecule has 0 bridgehead atoms. The molecule has 1 aliphatic rings. The van der Waals surface area contributed by atoms with Crippen LogP contribution in [0.15, 0.2) is 41.1 Å². The second-order valence-electron chi connectivity index (χ2n) is 7.91. The highest BCUT2D eigenvalue weighted by Gasteiger charge is 2.37. The standard InChI is InChI=1S/C25H30N2O4/c1-15-8-9-16(2)22(12-15)27-17(3)13-20(18(27)4)14-21-23(25(29)31-7)19(5)26(24(21)28)10-11-30-6/h8-9,12-14H,10-11H2,1-7H3. The van der Waals surface area contributed by atoms with E-state index >= 15 is 0 Å². The number of carbonyl (C=O) groups excluding carboxylic acids is 2. The maximum Gasteiger partial charge on any atom is 0.340 e. The third-order valence-corrected chi connectivity index (χ3v) is 5.80. The molecule has 0 unspecified atom stereocenters. The fourth-order valence-electron chi connectivity index (χ4n) is 4.10. The van der Waals surface area contributed by atoms with Crippen molar-refractivity contribution in [1.82, 2.24) is 9.47 Å². The average molecular weight is 423 g/mol. The molecular weight excluding hydrogens is 392 g/mol.